The van der Waals surface area contributed by atoms with Gasteiger partial charge in [-0.3, -0.25) is 4.79 Å². The van der Waals surface area contributed by atoms with Gasteiger partial charge in [0.05, 0.1) is 5.69 Å². The number of thiazole rings is 1. The smallest absolute Gasteiger partial charge is 0.227 e. The first-order chi connectivity index (χ1) is 10.7. The summed E-state index contributed by atoms with van der Waals surface area (Å²) in [6.45, 7) is 0.808. The van der Waals surface area contributed by atoms with Crippen molar-refractivity contribution < 1.29 is 4.79 Å². The highest BCUT2D eigenvalue weighted by atomic mass is 32.1. The van der Waals surface area contributed by atoms with E-state index < -0.39 is 0 Å². The standard InChI is InChI=1S/C16H14N4OS/c17-16-19-13-8-7-12(18-15(13)22-16)10-3-5-11(6-4-10)20-9-1-2-14(20)21/h3-8H,1-2,9H2,(H2,17,19). The van der Waals surface area contributed by atoms with Crippen LogP contribution in [0.1, 0.15) is 12.8 Å². The van der Waals surface area contributed by atoms with Gasteiger partial charge in [-0.1, -0.05) is 23.5 Å². The Morgan fingerprint density at radius 1 is 1.09 bits per heavy atom. The van der Waals surface area contributed by atoms with Gasteiger partial charge >= 0.3 is 0 Å². The van der Waals surface area contributed by atoms with Gasteiger partial charge in [-0.25, -0.2) is 9.97 Å². The average Bonchev–Trinajstić information content (AvgIpc) is 3.11. The van der Waals surface area contributed by atoms with E-state index in [4.69, 9.17) is 5.73 Å². The zero-order valence-electron chi connectivity index (χ0n) is 11.8. The Morgan fingerprint density at radius 3 is 2.64 bits per heavy atom. The van der Waals surface area contributed by atoms with Crippen molar-refractivity contribution in [1.82, 2.24) is 9.97 Å². The van der Waals surface area contributed by atoms with Crippen LogP contribution in [0.25, 0.3) is 21.6 Å². The molecule has 1 aliphatic heterocycles. The van der Waals surface area contributed by atoms with Crippen molar-refractivity contribution in [3.8, 4) is 11.3 Å². The van der Waals surface area contributed by atoms with Crippen molar-refractivity contribution in [3.05, 3.63) is 36.4 Å². The summed E-state index contributed by atoms with van der Waals surface area (Å²) in [6, 6.07) is 11.8. The summed E-state index contributed by atoms with van der Waals surface area (Å²) >= 11 is 1.39. The molecule has 1 amide bonds. The maximum atomic E-state index is 11.8. The molecule has 5 nitrogen and oxygen atoms in total. The molecule has 1 aliphatic rings. The lowest BCUT2D eigenvalue weighted by molar-refractivity contribution is -0.117. The van der Waals surface area contributed by atoms with Crippen LogP contribution in [0.5, 0.6) is 0 Å². The van der Waals surface area contributed by atoms with Gasteiger partial charge in [0.2, 0.25) is 5.91 Å². The number of nitrogens with two attached hydrogens (primary N) is 1. The molecule has 2 N–H and O–H groups in total. The number of carbonyl (C=O) groups is 1. The highest BCUT2D eigenvalue weighted by Gasteiger charge is 2.21. The molecule has 0 unspecified atom stereocenters. The van der Waals surface area contributed by atoms with E-state index in [1.54, 1.807) is 0 Å². The second-order valence-electron chi connectivity index (χ2n) is 5.27. The molecule has 22 heavy (non-hydrogen) atoms. The van der Waals surface area contributed by atoms with E-state index in [1.807, 2.05) is 41.3 Å². The second kappa shape index (κ2) is 5.06. The van der Waals surface area contributed by atoms with E-state index in [-0.39, 0.29) is 5.91 Å². The lowest BCUT2D eigenvalue weighted by Gasteiger charge is -2.15. The summed E-state index contributed by atoms with van der Waals surface area (Å²) < 4.78 is 0. The Balaban J connectivity index is 1.67. The first-order valence-electron chi connectivity index (χ1n) is 7.14. The summed E-state index contributed by atoms with van der Waals surface area (Å²) in [5, 5.41) is 0.530. The van der Waals surface area contributed by atoms with E-state index in [1.165, 1.54) is 11.3 Å². The number of amides is 1. The maximum Gasteiger partial charge on any atom is 0.227 e. The van der Waals surface area contributed by atoms with Crippen molar-refractivity contribution in [2.75, 3.05) is 17.2 Å². The van der Waals surface area contributed by atoms with Crippen LogP contribution < -0.4 is 10.6 Å². The van der Waals surface area contributed by atoms with Crippen molar-refractivity contribution in [3.63, 3.8) is 0 Å². The highest BCUT2D eigenvalue weighted by Crippen LogP contribution is 2.28. The third-order valence-corrected chi connectivity index (χ3v) is 4.61. The van der Waals surface area contributed by atoms with Gasteiger partial charge in [0.25, 0.3) is 0 Å². The summed E-state index contributed by atoms with van der Waals surface area (Å²) in [7, 11) is 0. The molecule has 1 fully saturated rings. The SMILES string of the molecule is Nc1nc2ccc(-c3ccc(N4CCCC4=O)cc3)nc2s1. The Morgan fingerprint density at radius 2 is 1.91 bits per heavy atom. The van der Waals surface area contributed by atoms with E-state index in [0.29, 0.717) is 11.6 Å². The van der Waals surface area contributed by atoms with Crippen LogP contribution in [0, 0.1) is 0 Å². The van der Waals surface area contributed by atoms with Crippen molar-refractivity contribution in [1.29, 1.82) is 0 Å². The molecule has 1 saturated heterocycles. The Labute approximate surface area is 131 Å². The highest BCUT2D eigenvalue weighted by molar-refractivity contribution is 7.21. The molecule has 3 heterocycles. The number of hydrogen-bond acceptors (Lipinski definition) is 5. The fourth-order valence-electron chi connectivity index (χ4n) is 2.73. The fourth-order valence-corrected chi connectivity index (χ4v) is 3.43. The lowest BCUT2D eigenvalue weighted by atomic mass is 10.1. The van der Waals surface area contributed by atoms with Crippen LogP contribution in [0.2, 0.25) is 0 Å². The van der Waals surface area contributed by atoms with Crippen LogP contribution in [-0.4, -0.2) is 22.4 Å². The Hall–Kier alpha value is -2.47. The normalized spacial score (nSPS) is 14.9. The Bertz CT molecular complexity index is 856. The zero-order chi connectivity index (χ0) is 15.1. The molecule has 0 bridgehead atoms. The number of nitrogen functional groups attached to an aromatic ring is 1. The van der Waals surface area contributed by atoms with E-state index in [2.05, 4.69) is 9.97 Å². The zero-order valence-corrected chi connectivity index (χ0v) is 12.6. The average molecular weight is 310 g/mol. The van der Waals surface area contributed by atoms with Crippen LogP contribution in [0.15, 0.2) is 36.4 Å². The minimum Gasteiger partial charge on any atom is -0.375 e. The number of aromatic nitrogens is 2. The second-order valence-corrected chi connectivity index (χ2v) is 6.28. The van der Waals surface area contributed by atoms with E-state index >= 15 is 0 Å². The van der Waals surface area contributed by atoms with Crippen molar-refractivity contribution in [2.24, 2.45) is 0 Å². The molecule has 4 rings (SSSR count). The quantitative estimate of drug-likeness (QED) is 0.789. The number of rotatable bonds is 2. The summed E-state index contributed by atoms with van der Waals surface area (Å²) in [6.07, 6.45) is 1.58. The van der Waals surface area contributed by atoms with Crippen molar-refractivity contribution >= 4 is 38.4 Å². The number of carbonyl (C=O) groups excluding carboxylic acids is 1. The summed E-state index contributed by atoms with van der Waals surface area (Å²) in [4.78, 5) is 23.3. The molecule has 0 aliphatic carbocycles. The van der Waals surface area contributed by atoms with Gasteiger partial charge in [0.1, 0.15) is 10.3 Å². The van der Waals surface area contributed by atoms with E-state index in [9.17, 15) is 4.79 Å². The minimum absolute atomic E-state index is 0.201. The molecular weight excluding hydrogens is 296 g/mol. The largest absolute Gasteiger partial charge is 0.375 e. The third kappa shape index (κ3) is 2.21. The van der Waals surface area contributed by atoms with Crippen molar-refractivity contribution in [2.45, 2.75) is 12.8 Å². The predicted molar refractivity (Wildman–Crippen MR) is 88.9 cm³/mol. The number of fused-ring (bicyclic) bond motifs is 1. The number of hydrogen-bond donors (Lipinski definition) is 1. The topological polar surface area (TPSA) is 72.1 Å². The molecule has 0 atom stereocenters. The molecule has 3 aromatic rings. The predicted octanol–water partition coefficient (Wildman–Crippen LogP) is 3.07. The maximum absolute atomic E-state index is 11.8. The lowest BCUT2D eigenvalue weighted by Crippen LogP contribution is -2.23. The van der Waals surface area contributed by atoms with Gasteiger partial charge < -0.3 is 10.6 Å². The fraction of sp³-hybridized carbons (Fsp3) is 0.188. The first kappa shape index (κ1) is 13.2. The van der Waals surface area contributed by atoms with Crippen LogP contribution in [0.4, 0.5) is 10.8 Å². The first-order valence-corrected chi connectivity index (χ1v) is 7.96. The number of anilines is 2. The number of pyridine rings is 1. The molecule has 0 saturated carbocycles. The van der Waals surface area contributed by atoms with Crippen LogP contribution in [-0.2, 0) is 4.79 Å². The number of nitrogens with zero attached hydrogens (tertiary/aromatic N) is 3. The minimum atomic E-state index is 0.201. The van der Waals surface area contributed by atoms with Crippen LogP contribution in [0.3, 0.4) is 0 Å². The molecule has 2 aromatic heterocycles. The van der Waals surface area contributed by atoms with Gasteiger partial charge in [-0.05, 0) is 30.7 Å². The third-order valence-electron chi connectivity index (χ3n) is 3.82. The molecule has 0 spiro atoms. The monoisotopic (exact) mass is 310 g/mol. The van der Waals surface area contributed by atoms with E-state index in [0.717, 1.165) is 40.3 Å². The molecule has 6 heteroatoms. The molecular formula is C16H14N4OS. The van der Waals surface area contributed by atoms with Gasteiger partial charge in [-0.2, -0.15) is 0 Å². The van der Waals surface area contributed by atoms with Gasteiger partial charge in [-0.15, -0.1) is 0 Å². The van der Waals surface area contributed by atoms with Gasteiger partial charge in [0, 0.05) is 24.2 Å². The molecule has 0 radical (unpaired) electrons. The number of benzene rings is 1. The molecule has 1 aromatic carbocycles. The summed E-state index contributed by atoms with van der Waals surface area (Å²) in [5.74, 6) is 0.201. The molecule has 110 valence electrons. The Kier molecular flexibility index (Phi) is 3.04. The summed E-state index contributed by atoms with van der Waals surface area (Å²) in [5.41, 5.74) is 9.39. The van der Waals surface area contributed by atoms with Gasteiger partial charge in [0.15, 0.2) is 5.13 Å². The van der Waals surface area contributed by atoms with Crippen LogP contribution >= 0.6 is 11.3 Å².